The molecule has 0 radical (unpaired) electrons. The lowest BCUT2D eigenvalue weighted by Crippen LogP contribution is -2.35. The number of nitrogens with zero attached hydrogens (tertiary/aromatic N) is 1. The highest BCUT2D eigenvalue weighted by Gasteiger charge is 2.20. The SMILES string of the molecule is CC(=O)N(C)c1ccccc1C(=O)NCC(C)(C)CCO. The van der Waals surface area contributed by atoms with Crippen LogP contribution in [0, 0.1) is 5.41 Å². The Morgan fingerprint density at radius 1 is 1.29 bits per heavy atom. The highest BCUT2D eigenvalue weighted by atomic mass is 16.3. The minimum absolute atomic E-state index is 0.0898. The molecule has 116 valence electrons. The monoisotopic (exact) mass is 292 g/mol. The van der Waals surface area contributed by atoms with Crippen LogP contribution in [0.5, 0.6) is 0 Å². The van der Waals surface area contributed by atoms with Gasteiger partial charge in [-0.1, -0.05) is 26.0 Å². The third-order valence-corrected chi connectivity index (χ3v) is 3.50. The minimum atomic E-state index is -0.218. The molecule has 0 saturated carbocycles. The number of carbonyl (C=O) groups excluding carboxylic acids is 2. The Labute approximate surface area is 126 Å². The summed E-state index contributed by atoms with van der Waals surface area (Å²) in [7, 11) is 1.64. The third-order valence-electron chi connectivity index (χ3n) is 3.50. The van der Waals surface area contributed by atoms with E-state index in [1.54, 1.807) is 31.3 Å². The fourth-order valence-corrected chi connectivity index (χ4v) is 1.93. The maximum atomic E-state index is 12.3. The van der Waals surface area contributed by atoms with E-state index in [0.717, 1.165) is 0 Å². The van der Waals surface area contributed by atoms with Crippen molar-refractivity contribution in [2.45, 2.75) is 27.2 Å². The fourth-order valence-electron chi connectivity index (χ4n) is 1.93. The van der Waals surface area contributed by atoms with E-state index >= 15 is 0 Å². The number of nitrogens with one attached hydrogen (secondary N) is 1. The number of para-hydroxylation sites is 1. The van der Waals surface area contributed by atoms with Crippen molar-refractivity contribution in [1.29, 1.82) is 0 Å². The molecule has 0 atom stereocenters. The van der Waals surface area contributed by atoms with E-state index in [0.29, 0.717) is 24.2 Å². The van der Waals surface area contributed by atoms with E-state index in [1.165, 1.54) is 11.8 Å². The number of benzene rings is 1. The van der Waals surface area contributed by atoms with Crippen molar-refractivity contribution in [3.05, 3.63) is 29.8 Å². The summed E-state index contributed by atoms with van der Waals surface area (Å²) in [6.07, 6.45) is 0.613. The van der Waals surface area contributed by atoms with E-state index in [-0.39, 0.29) is 23.8 Å². The second-order valence-electron chi connectivity index (χ2n) is 5.92. The predicted molar refractivity (Wildman–Crippen MR) is 83.3 cm³/mol. The zero-order valence-electron chi connectivity index (χ0n) is 13.1. The number of hydrogen-bond acceptors (Lipinski definition) is 3. The first-order valence-corrected chi connectivity index (χ1v) is 7.01. The van der Waals surface area contributed by atoms with Gasteiger partial charge in [0.1, 0.15) is 0 Å². The number of carbonyl (C=O) groups is 2. The zero-order valence-corrected chi connectivity index (χ0v) is 13.1. The molecule has 0 unspecified atom stereocenters. The van der Waals surface area contributed by atoms with Gasteiger partial charge in [-0.2, -0.15) is 0 Å². The standard InChI is InChI=1S/C16H24N2O3/c1-12(20)18(4)14-8-6-5-7-13(14)15(21)17-11-16(2,3)9-10-19/h5-8,19H,9-11H2,1-4H3,(H,17,21). The number of aliphatic hydroxyl groups is 1. The molecular weight excluding hydrogens is 268 g/mol. The molecule has 0 spiro atoms. The Bertz CT molecular complexity index is 512. The van der Waals surface area contributed by atoms with Gasteiger partial charge in [0.2, 0.25) is 5.91 Å². The molecule has 5 heteroatoms. The lowest BCUT2D eigenvalue weighted by molar-refractivity contribution is -0.116. The molecule has 0 aliphatic heterocycles. The Morgan fingerprint density at radius 3 is 2.48 bits per heavy atom. The molecule has 21 heavy (non-hydrogen) atoms. The Morgan fingerprint density at radius 2 is 1.90 bits per heavy atom. The van der Waals surface area contributed by atoms with Crippen LogP contribution in [0.2, 0.25) is 0 Å². The van der Waals surface area contributed by atoms with Gasteiger partial charge in [-0.05, 0) is 24.0 Å². The first kappa shape index (κ1) is 17.2. The van der Waals surface area contributed by atoms with Crippen LogP contribution in [0.3, 0.4) is 0 Å². The lowest BCUT2D eigenvalue weighted by atomic mass is 9.89. The Hall–Kier alpha value is -1.88. The second-order valence-corrected chi connectivity index (χ2v) is 5.92. The summed E-state index contributed by atoms with van der Waals surface area (Å²) in [5, 5.41) is 11.9. The van der Waals surface area contributed by atoms with Gasteiger partial charge in [-0.25, -0.2) is 0 Å². The zero-order chi connectivity index (χ0) is 16.0. The molecule has 1 rings (SSSR count). The van der Waals surface area contributed by atoms with Gasteiger partial charge >= 0.3 is 0 Å². The van der Waals surface area contributed by atoms with Crippen LogP contribution >= 0.6 is 0 Å². The summed E-state index contributed by atoms with van der Waals surface area (Å²) in [5.74, 6) is -0.347. The summed E-state index contributed by atoms with van der Waals surface area (Å²) >= 11 is 0. The number of amides is 2. The van der Waals surface area contributed by atoms with Crippen LogP contribution in [-0.2, 0) is 4.79 Å². The quantitative estimate of drug-likeness (QED) is 0.840. The molecule has 1 aromatic carbocycles. The number of anilines is 1. The predicted octanol–water partition coefficient (Wildman–Crippen LogP) is 1.81. The van der Waals surface area contributed by atoms with Crippen molar-refractivity contribution < 1.29 is 14.7 Å². The summed E-state index contributed by atoms with van der Waals surface area (Å²) in [6, 6.07) is 7.00. The maximum Gasteiger partial charge on any atom is 0.253 e. The first-order chi connectivity index (χ1) is 9.78. The molecule has 5 nitrogen and oxygen atoms in total. The average Bonchev–Trinajstić information content (AvgIpc) is 2.44. The summed E-state index contributed by atoms with van der Waals surface area (Å²) in [5.41, 5.74) is 0.878. The number of hydrogen-bond donors (Lipinski definition) is 2. The lowest BCUT2D eigenvalue weighted by Gasteiger charge is -2.25. The largest absolute Gasteiger partial charge is 0.396 e. The summed E-state index contributed by atoms with van der Waals surface area (Å²) < 4.78 is 0. The van der Waals surface area contributed by atoms with Crippen LogP contribution in [0.15, 0.2) is 24.3 Å². The van der Waals surface area contributed by atoms with Crippen LogP contribution < -0.4 is 10.2 Å². The molecule has 0 heterocycles. The molecule has 0 aliphatic rings. The van der Waals surface area contributed by atoms with Gasteiger partial charge in [-0.15, -0.1) is 0 Å². The normalized spacial score (nSPS) is 11.1. The minimum Gasteiger partial charge on any atom is -0.396 e. The molecule has 0 fully saturated rings. The molecule has 2 N–H and O–H groups in total. The van der Waals surface area contributed by atoms with Crippen LogP contribution in [-0.4, -0.2) is 37.1 Å². The van der Waals surface area contributed by atoms with Crippen LogP contribution in [0.25, 0.3) is 0 Å². The van der Waals surface area contributed by atoms with Gasteiger partial charge in [-0.3, -0.25) is 9.59 Å². The van der Waals surface area contributed by atoms with Gasteiger partial charge < -0.3 is 15.3 Å². The highest BCUT2D eigenvalue weighted by Crippen LogP contribution is 2.21. The Kier molecular flexibility index (Phi) is 5.90. The molecule has 0 bridgehead atoms. The van der Waals surface area contributed by atoms with E-state index in [1.807, 2.05) is 13.8 Å². The summed E-state index contributed by atoms with van der Waals surface area (Å²) in [6.45, 7) is 5.98. The average molecular weight is 292 g/mol. The van der Waals surface area contributed by atoms with Crippen molar-refractivity contribution in [3.8, 4) is 0 Å². The van der Waals surface area contributed by atoms with Crippen molar-refractivity contribution in [1.82, 2.24) is 5.32 Å². The molecule has 0 saturated heterocycles. The number of rotatable bonds is 6. The van der Waals surface area contributed by atoms with Gasteiger partial charge in [0, 0.05) is 27.1 Å². The molecule has 0 aromatic heterocycles. The van der Waals surface area contributed by atoms with Gasteiger partial charge in [0.25, 0.3) is 5.91 Å². The maximum absolute atomic E-state index is 12.3. The molecule has 2 amide bonds. The Balaban J connectivity index is 2.86. The van der Waals surface area contributed by atoms with Gasteiger partial charge in [0.05, 0.1) is 11.3 Å². The molecular formula is C16H24N2O3. The van der Waals surface area contributed by atoms with Crippen LogP contribution in [0.4, 0.5) is 5.69 Å². The van der Waals surface area contributed by atoms with Crippen molar-refractivity contribution >= 4 is 17.5 Å². The molecule has 1 aromatic rings. The van der Waals surface area contributed by atoms with Gasteiger partial charge in [0.15, 0.2) is 0 Å². The third kappa shape index (κ3) is 4.86. The van der Waals surface area contributed by atoms with E-state index in [9.17, 15) is 9.59 Å². The van der Waals surface area contributed by atoms with E-state index in [4.69, 9.17) is 5.11 Å². The van der Waals surface area contributed by atoms with Crippen LogP contribution in [0.1, 0.15) is 37.6 Å². The smallest absolute Gasteiger partial charge is 0.253 e. The second kappa shape index (κ2) is 7.22. The van der Waals surface area contributed by atoms with E-state index < -0.39 is 0 Å². The first-order valence-electron chi connectivity index (χ1n) is 7.01. The fraction of sp³-hybridized carbons (Fsp3) is 0.500. The highest BCUT2D eigenvalue weighted by molar-refractivity contribution is 6.04. The van der Waals surface area contributed by atoms with Crippen molar-refractivity contribution in [3.63, 3.8) is 0 Å². The molecule has 0 aliphatic carbocycles. The topological polar surface area (TPSA) is 69.6 Å². The summed E-state index contributed by atoms with van der Waals surface area (Å²) in [4.78, 5) is 25.3. The van der Waals surface area contributed by atoms with E-state index in [2.05, 4.69) is 5.32 Å². The van der Waals surface area contributed by atoms with Crippen molar-refractivity contribution in [2.24, 2.45) is 5.41 Å². The number of aliphatic hydroxyl groups excluding tert-OH is 1. The van der Waals surface area contributed by atoms with Crippen molar-refractivity contribution in [2.75, 3.05) is 25.1 Å².